The molecule has 49 heavy (non-hydrogen) atoms. The zero-order chi connectivity index (χ0) is 34.3. The predicted octanol–water partition coefficient (Wildman–Crippen LogP) is 8.51. The van der Waals surface area contributed by atoms with Crippen LogP contribution in [0.1, 0.15) is 38.9 Å². The van der Waals surface area contributed by atoms with Crippen molar-refractivity contribution in [3.05, 3.63) is 172 Å². The summed E-state index contributed by atoms with van der Waals surface area (Å²) in [6.07, 6.45) is -4.69. The highest BCUT2D eigenvalue weighted by atomic mass is 19.4. The molecule has 1 saturated carbocycles. The maximum absolute atomic E-state index is 15.9. The Labute approximate surface area is 281 Å². The summed E-state index contributed by atoms with van der Waals surface area (Å²) in [7, 11) is 0. The second kappa shape index (κ2) is 10.7. The number of benzene rings is 5. The number of aryl methyl sites for hydroxylation is 2. The van der Waals surface area contributed by atoms with Crippen LogP contribution >= 0.6 is 0 Å². The molecule has 0 spiro atoms. The van der Waals surface area contributed by atoms with E-state index < -0.39 is 46.2 Å². The lowest BCUT2D eigenvalue weighted by Gasteiger charge is -2.39. The van der Waals surface area contributed by atoms with Crippen LogP contribution in [0.4, 0.5) is 18.9 Å². The van der Waals surface area contributed by atoms with Gasteiger partial charge >= 0.3 is 6.18 Å². The first kappa shape index (κ1) is 30.8. The van der Waals surface area contributed by atoms with Crippen LogP contribution < -0.4 is 4.90 Å². The minimum Gasteiger partial charge on any atom is -0.297 e. The Morgan fingerprint density at radius 3 is 1.39 bits per heavy atom. The number of halogens is 3. The monoisotopic (exact) mass is 653 g/mol. The standard InChI is InChI=1S/C42H30F3NO3/c1-25-16-20-27(21-17-25)33-34(28-22-18-26(2)19-23-28)41(30-12-7-4-8-13-30)36-35(40(33,39(41)49)29-10-5-3-6-11-29)37(47)46(38(36)48)32-15-9-14-31(24-32)42(43,44)45/h3-24,35-36H,1-2H3/t35-,36+,40-,41-/m1/s1. The Kier molecular flexibility index (Phi) is 6.73. The number of fused-ring (bicyclic) bond motifs is 5. The number of anilines is 1. The zero-order valence-electron chi connectivity index (χ0n) is 26.7. The molecular formula is C42H30F3NO3. The first-order valence-electron chi connectivity index (χ1n) is 16.1. The number of ketones is 1. The minimum absolute atomic E-state index is 0.175. The van der Waals surface area contributed by atoms with Gasteiger partial charge < -0.3 is 0 Å². The van der Waals surface area contributed by atoms with E-state index in [-0.39, 0.29) is 11.5 Å². The molecule has 4 nitrogen and oxygen atoms in total. The van der Waals surface area contributed by atoms with Gasteiger partial charge in [0.25, 0.3) is 0 Å². The van der Waals surface area contributed by atoms with Crippen molar-refractivity contribution in [2.75, 3.05) is 4.90 Å². The summed E-state index contributed by atoms with van der Waals surface area (Å²) in [5.41, 5.74) is 1.40. The van der Waals surface area contributed by atoms with E-state index in [0.29, 0.717) is 22.3 Å². The number of Topliss-reactive ketones (excluding diaryl/α,β-unsaturated/α-hetero) is 1. The molecular weight excluding hydrogens is 623 g/mol. The minimum atomic E-state index is -4.69. The van der Waals surface area contributed by atoms with Crippen molar-refractivity contribution >= 4 is 34.4 Å². The third kappa shape index (κ3) is 4.08. The van der Waals surface area contributed by atoms with Crippen molar-refractivity contribution < 1.29 is 27.6 Å². The van der Waals surface area contributed by atoms with Crippen LogP contribution in [-0.4, -0.2) is 17.6 Å². The fourth-order valence-electron chi connectivity index (χ4n) is 8.64. The van der Waals surface area contributed by atoms with Gasteiger partial charge in [0, 0.05) is 0 Å². The van der Waals surface area contributed by atoms with Gasteiger partial charge in [-0.05, 0) is 65.4 Å². The van der Waals surface area contributed by atoms with Gasteiger partial charge in [-0.2, -0.15) is 13.2 Å². The molecule has 5 aromatic rings. The van der Waals surface area contributed by atoms with Gasteiger partial charge in [0.05, 0.1) is 33.9 Å². The molecule has 1 heterocycles. The van der Waals surface area contributed by atoms with Crippen LogP contribution in [0.2, 0.25) is 0 Å². The van der Waals surface area contributed by atoms with Crippen molar-refractivity contribution in [3.8, 4) is 0 Å². The molecule has 2 fully saturated rings. The van der Waals surface area contributed by atoms with Crippen molar-refractivity contribution in [1.82, 2.24) is 0 Å². The Hall–Kier alpha value is -5.56. The molecule has 2 bridgehead atoms. The van der Waals surface area contributed by atoms with Gasteiger partial charge in [0.1, 0.15) is 0 Å². The molecule has 0 aromatic heterocycles. The van der Waals surface area contributed by atoms with Crippen molar-refractivity contribution in [2.24, 2.45) is 11.8 Å². The number of imide groups is 1. The first-order chi connectivity index (χ1) is 23.5. The molecule has 2 amide bonds. The Balaban J connectivity index is 1.52. The van der Waals surface area contributed by atoms with Crippen LogP contribution in [0.25, 0.3) is 11.1 Å². The number of hydrogen-bond acceptors (Lipinski definition) is 3. The van der Waals surface area contributed by atoms with Crippen molar-refractivity contribution in [3.63, 3.8) is 0 Å². The Morgan fingerprint density at radius 1 is 0.551 bits per heavy atom. The molecule has 0 unspecified atom stereocenters. The second-order valence-electron chi connectivity index (χ2n) is 13.2. The van der Waals surface area contributed by atoms with Gasteiger partial charge in [0.2, 0.25) is 11.8 Å². The number of hydrogen-bond donors (Lipinski definition) is 0. The number of allylic oxidation sites excluding steroid dienone is 2. The third-order valence-corrected chi connectivity index (χ3v) is 10.6. The average molecular weight is 654 g/mol. The number of rotatable bonds is 5. The predicted molar refractivity (Wildman–Crippen MR) is 181 cm³/mol. The number of nitrogens with zero attached hydrogens (tertiary/aromatic N) is 1. The van der Waals surface area contributed by atoms with Gasteiger partial charge in [-0.15, -0.1) is 0 Å². The lowest BCUT2D eigenvalue weighted by molar-refractivity contribution is -0.137. The van der Waals surface area contributed by atoms with Gasteiger partial charge in [-0.25, -0.2) is 4.90 Å². The lowest BCUT2D eigenvalue weighted by Crippen LogP contribution is -2.45. The summed E-state index contributed by atoms with van der Waals surface area (Å²) >= 11 is 0. The van der Waals surface area contributed by atoms with E-state index in [1.54, 1.807) is 24.3 Å². The van der Waals surface area contributed by atoms with E-state index in [0.717, 1.165) is 39.3 Å². The fraction of sp³-hybridized carbons (Fsp3) is 0.167. The van der Waals surface area contributed by atoms with E-state index >= 15 is 14.4 Å². The van der Waals surface area contributed by atoms with Gasteiger partial charge in [-0.1, -0.05) is 126 Å². The fourth-order valence-corrected chi connectivity index (χ4v) is 8.64. The Bertz CT molecular complexity index is 2060. The topological polar surface area (TPSA) is 54.5 Å². The highest BCUT2D eigenvalue weighted by Crippen LogP contribution is 2.74. The van der Waals surface area contributed by atoms with E-state index in [9.17, 15) is 13.2 Å². The maximum Gasteiger partial charge on any atom is 0.416 e. The summed E-state index contributed by atoms with van der Waals surface area (Å²) in [4.78, 5) is 46.8. The number of carbonyl (C=O) groups excluding carboxylic acids is 3. The summed E-state index contributed by atoms with van der Waals surface area (Å²) in [5.74, 6) is -4.14. The van der Waals surface area contributed by atoms with Crippen LogP contribution in [-0.2, 0) is 31.4 Å². The maximum atomic E-state index is 15.9. The van der Waals surface area contributed by atoms with Gasteiger partial charge in [-0.3, -0.25) is 14.4 Å². The van der Waals surface area contributed by atoms with Crippen LogP contribution in [0.3, 0.4) is 0 Å². The van der Waals surface area contributed by atoms with Crippen LogP contribution in [0, 0.1) is 25.7 Å². The Morgan fingerprint density at radius 2 is 0.980 bits per heavy atom. The molecule has 1 saturated heterocycles. The summed E-state index contributed by atoms with van der Waals surface area (Å²) < 4.78 is 41.8. The molecule has 2 aliphatic carbocycles. The van der Waals surface area contributed by atoms with Crippen molar-refractivity contribution in [1.29, 1.82) is 0 Å². The van der Waals surface area contributed by atoms with Crippen LogP contribution in [0.5, 0.6) is 0 Å². The molecule has 7 heteroatoms. The third-order valence-electron chi connectivity index (χ3n) is 10.6. The van der Waals surface area contributed by atoms with E-state index in [1.165, 1.54) is 12.1 Å². The largest absolute Gasteiger partial charge is 0.416 e. The van der Waals surface area contributed by atoms with E-state index in [1.807, 2.05) is 98.8 Å². The highest BCUT2D eigenvalue weighted by molar-refractivity contribution is 6.39. The molecule has 4 atom stereocenters. The number of alkyl halides is 3. The van der Waals surface area contributed by atoms with E-state index in [4.69, 9.17) is 0 Å². The lowest BCUT2D eigenvalue weighted by atomic mass is 9.59. The normalized spacial score (nSPS) is 24.6. The molecule has 242 valence electrons. The van der Waals surface area contributed by atoms with Gasteiger partial charge in [0.15, 0.2) is 5.78 Å². The highest BCUT2D eigenvalue weighted by Gasteiger charge is 2.82. The first-order valence-corrected chi connectivity index (χ1v) is 16.1. The summed E-state index contributed by atoms with van der Waals surface area (Å²) in [6, 6.07) is 38.0. The quantitative estimate of drug-likeness (QED) is 0.179. The molecule has 1 aliphatic heterocycles. The molecule has 3 aliphatic rings. The molecule has 5 aromatic carbocycles. The average Bonchev–Trinajstić information content (AvgIpc) is 3.61. The summed E-state index contributed by atoms with van der Waals surface area (Å²) in [6.45, 7) is 3.93. The second-order valence-corrected chi connectivity index (χ2v) is 13.2. The number of carbonyl (C=O) groups is 3. The molecule has 0 N–H and O–H groups in total. The number of amides is 2. The molecule has 8 rings (SSSR count). The van der Waals surface area contributed by atoms with Crippen LogP contribution in [0.15, 0.2) is 133 Å². The SMILES string of the molecule is Cc1ccc(C2=C(c3ccc(C)cc3)[C@@]3(c4ccccc4)C(=O)[C@@]2(c2ccccc2)[C@@H]2C(=O)N(c4cccc(C(F)(F)F)c4)C(=O)[C@@H]23)cc1. The smallest absolute Gasteiger partial charge is 0.297 e. The zero-order valence-corrected chi connectivity index (χ0v) is 26.7. The molecule has 0 radical (unpaired) electrons. The van der Waals surface area contributed by atoms with Crippen molar-refractivity contribution in [2.45, 2.75) is 30.9 Å². The summed E-state index contributed by atoms with van der Waals surface area (Å²) in [5, 5.41) is 0. The van der Waals surface area contributed by atoms with E-state index in [2.05, 4.69) is 0 Å².